The number of carbonyl (C=O) groups excluding carboxylic acids is 2. The number of primary amides is 1. The van der Waals surface area contributed by atoms with Crippen molar-refractivity contribution in [3.63, 3.8) is 0 Å². The number of hydrogen-bond acceptors (Lipinski definition) is 4. The number of benzene rings is 1. The highest BCUT2D eigenvalue weighted by molar-refractivity contribution is 5.73. The summed E-state index contributed by atoms with van der Waals surface area (Å²) in [6.07, 6.45) is 3.67. The van der Waals surface area contributed by atoms with E-state index < -0.39 is 0 Å². The van der Waals surface area contributed by atoms with E-state index in [2.05, 4.69) is 10.6 Å². The molecule has 0 atom stereocenters. The summed E-state index contributed by atoms with van der Waals surface area (Å²) in [5.74, 6) is -0.244. The van der Waals surface area contributed by atoms with Crippen LogP contribution >= 0.6 is 0 Å². The topological polar surface area (TPSA) is 93.5 Å². The first kappa shape index (κ1) is 17.3. The third-order valence-electron chi connectivity index (χ3n) is 3.96. The predicted octanol–water partition coefficient (Wildman–Crippen LogP) is 1.69. The van der Waals surface area contributed by atoms with Crippen molar-refractivity contribution >= 4 is 12.0 Å². The summed E-state index contributed by atoms with van der Waals surface area (Å²) in [7, 11) is 0. The van der Waals surface area contributed by atoms with Crippen molar-refractivity contribution in [3.8, 4) is 0 Å². The summed E-state index contributed by atoms with van der Waals surface area (Å²) in [6.45, 7) is 1.17. The molecule has 23 heavy (non-hydrogen) atoms. The molecule has 1 aromatic rings. The average molecular weight is 319 g/mol. The van der Waals surface area contributed by atoms with Crippen molar-refractivity contribution in [1.82, 2.24) is 10.6 Å². The molecule has 2 amide bonds. The van der Waals surface area contributed by atoms with Gasteiger partial charge in [-0.25, -0.2) is 4.79 Å². The third kappa shape index (κ3) is 6.69. The monoisotopic (exact) mass is 319 g/mol. The van der Waals surface area contributed by atoms with Gasteiger partial charge in [-0.05, 0) is 37.8 Å². The fourth-order valence-corrected chi connectivity index (χ4v) is 2.56. The number of unbranched alkanes of at least 4 members (excludes halogenated alkanes) is 1. The molecule has 126 valence electrons. The molecular formula is C17H25N3O3. The van der Waals surface area contributed by atoms with Gasteiger partial charge >= 0.3 is 6.09 Å². The number of hydrogen-bond donors (Lipinski definition) is 3. The van der Waals surface area contributed by atoms with Gasteiger partial charge in [0.1, 0.15) is 6.61 Å². The van der Waals surface area contributed by atoms with Crippen molar-refractivity contribution in [3.05, 3.63) is 35.9 Å². The molecule has 0 heterocycles. The van der Waals surface area contributed by atoms with E-state index in [1.54, 1.807) is 0 Å². The van der Waals surface area contributed by atoms with Crippen molar-refractivity contribution < 1.29 is 14.3 Å². The average Bonchev–Trinajstić information content (AvgIpc) is 2.50. The van der Waals surface area contributed by atoms with Crippen molar-refractivity contribution in [2.45, 2.75) is 50.8 Å². The molecule has 0 radical (unpaired) electrons. The lowest BCUT2D eigenvalue weighted by Gasteiger charge is -2.36. The van der Waals surface area contributed by atoms with Gasteiger partial charge in [-0.1, -0.05) is 30.3 Å². The van der Waals surface area contributed by atoms with Crippen LogP contribution < -0.4 is 16.4 Å². The van der Waals surface area contributed by atoms with Gasteiger partial charge in [0.25, 0.3) is 0 Å². The summed E-state index contributed by atoms with van der Waals surface area (Å²) in [6, 6.07) is 10.2. The number of carbonyl (C=O) groups is 2. The molecule has 0 saturated heterocycles. The number of amides is 2. The number of ether oxygens (including phenoxy) is 1. The SMILES string of the molecule is NC(=O)CCCCNC1CC(NC(=O)OCc2ccccc2)C1. The Hall–Kier alpha value is -2.08. The molecule has 6 heteroatoms. The predicted molar refractivity (Wildman–Crippen MR) is 87.6 cm³/mol. The maximum Gasteiger partial charge on any atom is 0.407 e. The highest BCUT2D eigenvalue weighted by Gasteiger charge is 2.30. The zero-order chi connectivity index (χ0) is 16.5. The second kappa shape index (κ2) is 9.15. The molecule has 6 nitrogen and oxygen atoms in total. The summed E-state index contributed by atoms with van der Waals surface area (Å²) in [5, 5.41) is 6.28. The molecule has 1 aromatic carbocycles. The Morgan fingerprint density at radius 2 is 1.87 bits per heavy atom. The van der Waals surface area contributed by atoms with Crippen LogP contribution in [-0.2, 0) is 16.1 Å². The van der Waals surface area contributed by atoms with E-state index in [0.29, 0.717) is 19.1 Å². The summed E-state index contributed by atoms with van der Waals surface area (Å²) in [5.41, 5.74) is 6.07. The molecule has 0 aromatic heterocycles. The molecule has 0 bridgehead atoms. The van der Waals surface area contributed by atoms with Gasteiger partial charge in [0.05, 0.1) is 0 Å². The fraction of sp³-hybridized carbons (Fsp3) is 0.529. The van der Waals surface area contributed by atoms with Crippen LogP contribution in [0.25, 0.3) is 0 Å². The molecule has 0 spiro atoms. The van der Waals surface area contributed by atoms with Crippen LogP contribution in [0.5, 0.6) is 0 Å². The summed E-state index contributed by atoms with van der Waals surface area (Å²) in [4.78, 5) is 22.3. The minimum absolute atomic E-state index is 0.182. The molecular weight excluding hydrogens is 294 g/mol. The molecule has 1 aliphatic rings. The number of alkyl carbamates (subject to hydrolysis) is 1. The van der Waals surface area contributed by atoms with Crippen LogP contribution in [0.4, 0.5) is 4.79 Å². The smallest absolute Gasteiger partial charge is 0.407 e. The molecule has 0 unspecified atom stereocenters. The van der Waals surface area contributed by atoms with Gasteiger partial charge in [-0.15, -0.1) is 0 Å². The van der Waals surface area contributed by atoms with Crippen LogP contribution in [0.15, 0.2) is 30.3 Å². The Kier molecular flexibility index (Phi) is 6.87. The fourth-order valence-electron chi connectivity index (χ4n) is 2.56. The molecule has 1 saturated carbocycles. The van der Waals surface area contributed by atoms with E-state index in [0.717, 1.165) is 37.8 Å². The Labute approximate surface area is 136 Å². The molecule has 0 aliphatic heterocycles. The van der Waals surface area contributed by atoms with E-state index in [1.807, 2.05) is 30.3 Å². The third-order valence-corrected chi connectivity index (χ3v) is 3.96. The number of nitrogens with two attached hydrogens (primary N) is 1. The highest BCUT2D eigenvalue weighted by atomic mass is 16.5. The normalized spacial score (nSPS) is 19.7. The van der Waals surface area contributed by atoms with E-state index in [-0.39, 0.29) is 18.0 Å². The van der Waals surface area contributed by atoms with Crippen molar-refractivity contribution in [2.24, 2.45) is 5.73 Å². The minimum Gasteiger partial charge on any atom is -0.445 e. The van der Waals surface area contributed by atoms with E-state index >= 15 is 0 Å². The zero-order valence-electron chi connectivity index (χ0n) is 13.3. The van der Waals surface area contributed by atoms with Gasteiger partial charge < -0.3 is 21.1 Å². The highest BCUT2D eigenvalue weighted by Crippen LogP contribution is 2.20. The Balaban J connectivity index is 1.49. The van der Waals surface area contributed by atoms with Crippen molar-refractivity contribution in [1.29, 1.82) is 0 Å². The molecule has 1 fully saturated rings. The lowest BCUT2D eigenvalue weighted by Crippen LogP contribution is -2.52. The van der Waals surface area contributed by atoms with Gasteiger partial charge in [-0.3, -0.25) is 4.79 Å². The number of nitrogens with one attached hydrogen (secondary N) is 2. The van der Waals surface area contributed by atoms with Crippen molar-refractivity contribution in [2.75, 3.05) is 6.54 Å². The van der Waals surface area contributed by atoms with Crippen LogP contribution in [0.3, 0.4) is 0 Å². The van der Waals surface area contributed by atoms with Gasteiger partial charge in [0.15, 0.2) is 0 Å². The summed E-state index contributed by atoms with van der Waals surface area (Å²) < 4.78 is 5.19. The number of rotatable bonds is 9. The summed E-state index contributed by atoms with van der Waals surface area (Å²) >= 11 is 0. The largest absolute Gasteiger partial charge is 0.445 e. The van der Waals surface area contributed by atoms with Crippen LogP contribution in [0.1, 0.15) is 37.7 Å². The lowest BCUT2D eigenvalue weighted by molar-refractivity contribution is -0.118. The zero-order valence-corrected chi connectivity index (χ0v) is 13.3. The first-order valence-corrected chi connectivity index (χ1v) is 8.12. The van der Waals surface area contributed by atoms with E-state index in [1.165, 1.54) is 0 Å². The van der Waals surface area contributed by atoms with E-state index in [4.69, 9.17) is 10.5 Å². The van der Waals surface area contributed by atoms with Crippen LogP contribution in [0.2, 0.25) is 0 Å². The quantitative estimate of drug-likeness (QED) is 0.604. The lowest BCUT2D eigenvalue weighted by atomic mass is 9.87. The Morgan fingerprint density at radius 3 is 2.57 bits per heavy atom. The van der Waals surface area contributed by atoms with Crippen LogP contribution in [0, 0.1) is 0 Å². The minimum atomic E-state index is -0.362. The standard InChI is InChI=1S/C17H25N3O3/c18-16(21)8-4-5-9-19-14-10-15(11-14)20-17(22)23-12-13-6-2-1-3-7-13/h1-3,6-7,14-15,19H,4-5,8-12H2,(H2,18,21)(H,20,22). The van der Waals surface area contributed by atoms with Gasteiger partial charge in [-0.2, -0.15) is 0 Å². The van der Waals surface area contributed by atoms with E-state index in [9.17, 15) is 9.59 Å². The molecule has 4 N–H and O–H groups in total. The maximum atomic E-state index is 11.7. The maximum absolute atomic E-state index is 11.7. The molecule has 1 aliphatic carbocycles. The van der Waals surface area contributed by atoms with Crippen LogP contribution in [-0.4, -0.2) is 30.6 Å². The second-order valence-electron chi connectivity index (χ2n) is 5.95. The first-order valence-electron chi connectivity index (χ1n) is 8.12. The van der Waals surface area contributed by atoms with Gasteiger partial charge in [0.2, 0.25) is 5.91 Å². The Morgan fingerprint density at radius 1 is 1.13 bits per heavy atom. The molecule has 2 rings (SSSR count). The van der Waals surface area contributed by atoms with Gasteiger partial charge in [0, 0.05) is 18.5 Å². The second-order valence-corrected chi connectivity index (χ2v) is 5.95. The Bertz CT molecular complexity index is 501. The first-order chi connectivity index (χ1) is 11.1.